The summed E-state index contributed by atoms with van der Waals surface area (Å²) in [5.41, 5.74) is 5.35. The fraction of sp³-hybridized carbons (Fsp3) is 0.692. The molecule has 1 rings (SSSR count). The lowest BCUT2D eigenvalue weighted by molar-refractivity contribution is -0.135. The third kappa shape index (κ3) is 7.12. The van der Waals surface area contributed by atoms with Gasteiger partial charge in [0.1, 0.15) is 0 Å². The SMILES string of the molecule is C=CCCC(=O)N1CCCC(C(=O)NCCN)C1.Cl.Cl. The normalized spacial score (nSPS) is 17.4. The summed E-state index contributed by atoms with van der Waals surface area (Å²) < 4.78 is 0. The lowest BCUT2D eigenvalue weighted by Crippen LogP contribution is -2.46. The average Bonchev–Trinajstić information content (AvgIpc) is 2.42. The lowest BCUT2D eigenvalue weighted by Gasteiger charge is -2.32. The number of carbonyl (C=O) groups excluding carboxylic acids is 2. The molecule has 118 valence electrons. The summed E-state index contributed by atoms with van der Waals surface area (Å²) in [6.07, 6.45) is 4.66. The Balaban J connectivity index is 0. The van der Waals surface area contributed by atoms with Crippen LogP contribution in [0.3, 0.4) is 0 Å². The summed E-state index contributed by atoms with van der Waals surface area (Å²) >= 11 is 0. The first kappa shape index (κ1) is 21.5. The molecular weight excluding hydrogens is 301 g/mol. The second-order valence-electron chi connectivity index (χ2n) is 4.59. The van der Waals surface area contributed by atoms with Crippen LogP contribution in [0.25, 0.3) is 0 Å². The Morgan fingerprint density at radius 1 is 1.40 bits per heavy atom. The number of carbonyl (C=O) groups is 2. The van der Waals surface area contributed by atoms with Crippen molar-refractivity contribution >= 4 is 36.6 Å². The molecule has 1 aliphatic rings. The van der Waals surface area contributed by atoms with Crippen molar-refractivity contribution in [2.75, 3.05) is 26.2 Å². The van der Waals surface area contributed by atoms with Gasteiger partial charge in [-0.2, -0.15) is 0 Å². The van der Waals surface area contributed by atoms with Gasteiger partial charge in [0.05, 0.1) is 5.92 Å². The first-order valence-electron chi connectivity index (χ1n) is 6.55. The predicted octanol–water partition coefficient (Wildman–Crippen LogP) is 1.11. The van der Waals surface area contributed by atoms with Gasteiger partial charge in [-0.3, -0.25) is 9.59 Å². The fourth-order valence-electron chi connectivity index (χ4n) is 2.14. The monoisotopic (exact) mass is 325 g/mol. The number of nitrogens with two attached hydrogens (primary N) is 1. The van der Waals surface area contributed by atoms with E-state index in [0.717, 1.165) is 19.4 Å². The average molecular weight is 326 g/mol. The van der Waals surface area contributed by atoms with E-state index in [1.807, 2.05) is 0 Å². The van der Waals surface area contributed by atoms with Crippen LogP contribution < -0.4 is 11.1 Å². The van der Waals surface area contributed by atoms with E-state index in [-0.39, 0.29) is 42.5 Å². The standard InChI is InChI=1S/C13H23N3O2.2ClH/c1-2-3-6-12(17)16-9-4-5-11(10-16)13(18)15-8-7-14;;/h2,11H,1,3-10,14H2,(H,15,18);2*1H. The van der Waals surface area contributed by atoms with Crippen molar-refractivity contribution in [3.63, 3.8) is 0 Å². The van der Waals surface area contributed by atoms with Gasteiger partial charge in [0.25, 0.3) is 0 Å². The van der Waals surface area contributed by atoms with Crippen molar-refractivity contribution in [3.05, 3.63) is 12.7 Å². The van der Waals surface area contributed by atoms with Crippen LogP contribution in [0.15, 0.2) is 12.7 Å². The maximum absolute atomic E-state index is 11.9. The van der Waals surface area contributed by atoms with Crippen molar-refractivity contribution in [2.45, 2.75) is 25.7 Å². The molecule has 3 N–H and O–H groups in total. The van der Waals surface area contributed by atoms with Crippen molar-refractivity contribution in [1.29, 1.82) is 0 Å². The van der Waals surface area contributed by atoms with Crippen molar-refractivity contribution in [3.8, 4) is 0 Å². The molecule has 7 heteroatoms. The summed E-state index contributed by atoms with van der Waals surface area (Å²) in [7, 11) is 0. The molecule has 0 saturated carbocycles. The van der Waals surface area contributed by atoms with Gasteiger partial charge in [0.2, 0.25) is 11.8 Å². The van der Waals surface area contributed by atoms with E-state index in [0.29, 0.717) is 32.5 Å². The summed E-state index contributed by atoms with van der Waals surface area (Å²) in [5, 5.41) is 2.79. The minimum Gasteiger partial charge on any atom is -0.355 e. The van der Waals surface area contributed by atoms with Crippen LogP contribution in [0.2, 0.25) is 0 Å². The molecule has 1 aliphatic heterocycles. The first-order chi connectivity index (χ1) is 8.69. The van der Waals surface area contributed by atoms with Crippen LogP contribution in [0, 0.1) is 5.92 Å². The quantitative estimate of drug-likeness (QED) is 0.718. The molecule has 0 aromatic heterocycles. The van der Waals surface area contributed by atoms with Gasteiger partial charge < -0.3 is 16.0 Å². The second-order valence-corrected chi connectivity index (χ2v) is 4.59. The molecule has 0 bridgehead atoms. The molecule has 2 amide bonds. The van der Waals surface area contributed by atoms with E-state index in [1.54, 1.807) is 11.0 Å². The third-order valence-corrected chi connectivity index (χ3v) is 3.15. The number of rotatable bonds is 6. The van der Waals surface area contributed by atoms with Crippen molar-refractivity contribution in [1.82, 2.24) is 10.2 Å². The maximum atomic E-state index is 11.9. The molecule has 1 heterocycles. The van der Waals surface area contributed by atoms with Crippen molar-refractivity contribution in [2.24, 2.45) is 11.7 Å². The highest BCUT2D eigenvalue weighted by Gasteiger charge is 2.27. The highest BCUT2D eigenvalue weighted by Crippen LogP contribution is 2.17. The Bertz CT molecular complexity index is 314. The number of nitrogens with zero attached hydrogens (tertiary/aromatic N) is 1. The molecule has 0 spiro atoms. The number of likely N-dealkylation sites (tertiary alicyclic amines) is 1. The van der Waals surface area contributed by atoms with Crippen LogP contribution in [0.4, 0.5) is 0 Å². The zero-order valence-electron chi connectivity index (χ0n) is 11.7. The molecule has 20 heavy (non-hydrogen) atoms. The molecule has 1 fully saturated rings. The molecule has 0 aromatic carbocycles. The number of hydrogen-bond acceptors (Lipinski definition) is 3. The number of amides is 2. The minimum atomic E-state index is -0.0852. The molecule has 1 saturated heterocycles. The van der Waals surface area contributed by atoms with Crippen LogP contribution >= 0.6 is 24.8 Å². The Morgan fingerprint density at radius 2 is 2.10 bits per heavy atom. The van der Waals surface area contributed by atoms with Gasteiger partial charge in [0.15, 0.2) is 0 Å². The van der Waals surface area contributed by atoms with E-state index in [4.69, 9.17) is 5.73 Å². The molecule has 1 unspecified atom stereocenters. The van der Waals surface area contributed by atoms with Gasteiger partial charge in [-0.15, -0.1) is 31.4 Å². The third-order valence-electron chi connectivity index (χ3n) is 3.15. The zero-order valence-corrected chi connectivity index (χ0v) is 13.3. The maximum Gasteiger partial charge on any atom is 0.224 e. The highest BCUT2D eigenvalue weighted by molar-refractivity contribution is 5.85. The second kappa shape index (κ2) is 12.0. The zero-order chi connectivity index (χ0) is 13.4. The predicted molar refractivity (Wildman–Crippen MR) is 85.3 cm³/mol. The van der Waals surface area contributed by atoms with Gasteiger partial charge >= 0.3 is 0 Å². The van der Waals surface area contributed by atoms with E-state index < -0.39 is 0 Å². The van der Waals surface area contributed by atoms with Crippen LogP contribution in [0.5, 0.6) is 0 Å². The van der Waals surface area contributed by atoms with Crippen LogP contribution in [-0.4, -0.2) is 42.9 Å². The number of halogens is 2. The fourth-order valence-corrected chi connectivity index (χ4v) is 2.14. The topological polar surface area (TPSA) is 75.4 Å². The largest absolute Gasteiger partial charge is 0.355 e. The Kier molecular flexibility index (Phi) is 12.9. The Labute approximate surface area is 133 Å². The van der Waals surface area contributed by atoms with Crippen molar-refractivity contribution < 1.29 is 9.59 Å². The van der Waals surface area contributed by atoms with E-state index >= 15 is 0 Å². The number of piperidine rings is 1. The van der Waals surface area contributed by atoms with Gasteiger partial charge in [-0.05, 0) is 19.3 Å². The minimum absolute atomic E-state index is 0. The number of allylic oxidation sites excluding steroid dienone is 1. The molecule has 0 radical (unpaired) electrons. The highest BCUT2D eigenvalue weighted by atomic mass is 35.5. The van der Waals surface area contributed by atoms with E-state index in [9.17, 15) is 9.59 Å². The Morgan fingerprint density at radius 3 is 2.70 bits per heavy atom. The summed E-state index contributed by atoms with van der Waals surface area (Å²) in [4.78, 5) is 25.5. The molecule has 5 nitrogen and oxygen atoms in total. The molecule has 1 atom stereocenters. The molecule has 0 aromatic rings. The van der Waals surface area contributed by atoms with Crippen LogP contribution in [-0.2, 0) is 9.59 Å². The number of hydrogen-bond donors (Lipinski definition) is 2. The number of nitrogens with one attached hydrogen (secondary N) is 1. The van der Waals surface area contributed by atoms with Gasteiger partial charge in [0, 0.05) is 32.6 Å². The molecular formula is C13H25Cl2N3O2. The summed E-state index contributed by atoms with van der Waals surface area (Å²) in [5.74, 6) is 0.0471. The lowest BCUT2D eigenvalue weighted by atomic mass is 9.96. The summed E-state index contributed by atoms with van der Waals surface area (Å²) in [6.45, 7) is 5.85. The van der Waals surface area contributed by atoms with Gasteiger partial charge in [-0.1, -0.05) is 6.08 Å². The summed E-state index contributed by atoms with van der Waals surface area (Å²) in [6, 6.07) is 0. The van der Waals surface area contributed by atoms with E-state index in [1.165, 1.54) is 0 Å². The smallest absolute Gasteiger partial charge is 0.224 e. The van der Waals surface area contributed by atoms with Crippen LogP contribution in [0.1, 0.15) is 25.7 Å². The Hall–Kier alpha value is -0.780. The van der Waals surface area contributed by atoms with Gasteiger partial charge in [-0.25, -0.2) is 0 Å². The van der Waals surface area contributed by atoms with E-state index in [2.05, 4.69) is 11.9 Å². The first-order valence-corrected chi connectivity index (χ1v) is 6.55. The molecule has 0 aliphatic carbocycles.